The van der Waals surface area contributed by atoms with E-state index in [-0.39, 0.29) is 17.3 Å². The standard InChI is InChI=1S/C25H28N2O4S2/c1-20-8-10-22(11-9-20)27(33(29,30)24-14-12-23(31-2)13-15-24)18-25(28)26-16-17-32-19-21-6-4-3-5-7-21/h3-15H,16-19H2,1-2H3,(H,26,28). The summed E-state index contributed by atoms with van der Waals surface area (Å²) in [5.74, 6) is 1.80. The Bertz CT molecular complexity index is 1130. The summed E-state index contributed by atoms with van der Waals surface area (Å²) in [7, 11) is -2.43. The highest BCUT2D eigenvalue weighted by atomic mass is 32.2. The number of carbonyl (C=O) groups excluding carboxylic acids is 1. The van der Waals surface area contributed by atoms with E-state index in [0.717, 1.165) is 21.4 Å². The van der Waals surface area contributed by atoms with E-state index in [0.29, 0.717) is 18.0 Å². The number of carbonyl (C=O) groups is 1. The Balaban J connectivity index is 1.66. The van der Waals surface area contributed by atoms with Crippen LogP contribution >= 0.6 is 11.8 Å². The molecule has 0 atom stereocenters. The van der Waals surface area contributed by atoms with Gasteiger partial charge in [-0.15, -0.1) is 0 Å². The van der Waals surface area contributed by atoms with Crippen LogP contribution < -0.4 is 14.4 Å². The molecule has 1 N–H and O–H groups in total. The minimum Gasteiger partial charge on any atom is -0.497 e. The summed E-state index contributed by atoms with van der Waals surface area (Å²) in [4.78, 5) is 12.8. The molecule has 1 amide bonds. The Labute approximate surface area is 200 Å². The van der Waals surface area contributed by atoms with Crippen molar-refractivity contribution in [3.8, 4) is 5.75 Å². The summed E-state index contributed by atoms with van der Waals surface area (Å²) in [5.41, 5.74) is 2.66. The third kappa shape index (κ3) is 7.00. The van der Waals surface area contributed by atoms with Gasteiger partial charge < -0.3 is 10.1 Å². The zero-order valence-electron chi connectivity index (χ0n) is 18.7. The number of ether oxygens (including phenoxy) is 1. The SMILES string of the molecule is COc1ccc(S(=O)(=O)N(CC(=O)NCCSCc2ccccc2)c2ccc(C)cc2)cc1. The number of amides is 1. The minimum atomic E-state index is -3.95. The quantitative estimate of drug-likeness (QED) is 0.412. The summed E-state index contributed by atoms with van der Waals surface area (Å²) in [5, 5.41) is 2.84. The van der Waals surface area contributed by atoms with E-state index in [2.05, 4.69) is 17.4 Å². The molecule has 0 saturated carbocycles. The Morgan fingerprint density at radius 2 is 1.64 bits per heavy atom. The largest absolute Gasteiger partial charge is 0.497 e. The number of hydrogen-bond acceptors (Lipinski definition) is 5. The van der Waals surface area contributed by atoms with Crippen LogP contribution in [0.2, 0.25) is 0 Å². The molecule has 174 valence electrons. The Hall–Kier alpha value is -2.97. The molecular weight excluding hydrogens is 456 g/mol. The normalized spacial score (nSPS) is 11.1. The molecule has 0 aliphatic rings. The topological polar surface area (TPSA) is 75.7 Å². The van der Waals surface area contributed by atoms with Gasteiger partial charge in [0.25, 0.3) is 10.0 Å². The van der Waals surface area contributed by atoms with Crippen molar-refractivity contribution < 1.29 is 17.9 Å². The fourth-order valence-corrected chi connectivity index (χ4v) is 5.35. The highest BCUT2D eigenvalue weighted by Gasteiger charge is 2.27. The van der Waals surface area contributed by atoms with Crippen molar-refractivity contribution in [3.05, 3.63) is 90.0 Å². The van der Waals surface area contributed by atoms with Gasteiger partial charge in [0.1, 0.15) is 12.3 Å². The van der Waals surface area contributed by atoms with Crippen molar-refractivity contribution in [2.45, 2.75) is 17.6 Å². The number of nitrogens with one attached hydrogen (secondary N) is 1. The molecule has 0 aromatic heterocycles. The molecule has 0 unspecified atom stereocenters. The van der Waals surface area contributed by atoms with Crippen LogP contribution in [0.4, 0.5) is 5.69 Å². The van der Waals surface area contributed by atoms with Crippen LogP contribution in [0.25, 0.3) is 0 Å². The fraction of sp³-hybridized carbons (Fsp3) is 0.240. The number of thioether (sulfide) groups is 1. The number of aryl methyl sites for hydroxylation is 1. The average molecular weight is 485 g/mol. The van der Waals surface area contributed by atoms with Gasteiger partial charge >= 0.3 is 0 Å². The van der Waals surface area contributed by atoms with Gasteiger partial charge in [0.2, 0.25) is 5.91 Å². The average Bonchev–Trinajstić information content (AvgIpc) is 2.83. The predicted octanol–water partition coefficient (Wildman–Crippen LogP) is 4.25. The summed E-state index contributed by atoms with van der Waals surface area (Å²) in [6.45, 7) is 2.08. The minimum absolute atomic E-state index is 0.0927. The van der Waals surface area contributed by atoms with Crippen molar-refractivity contribution in [3.63, 3.8) is 0 Å². The molecule has 0 aliphatic carbocycles. The van der Waals surface area contributed by atoms with Gasteiger partial charge in [0, 0.05) is 18.1 Å². The van der Waals surface area contributed by atoms with Crippen molar-refractivity contribution in [2.24, 2.45) is 0 Å². The summed E-state index contributed by atoms with van der Waals surface area (Å²) >= 11 is 1.71. The van der Waals surface area contributed by atoms with Gasteiger partial charge in [-0.1, -0.05) is 48.0 Å². The molecule has 0 spiro atoms. The first kappa shape index (κ1) is 24.7. The second kappa shape index (κ2) is 11.8. The number of anilines is 1. The smallest absolute Gasteiger partial charge is 0.264 e. The zero-order chi connectivity index (χ0) is 23.7. The summed E-state index contributed by atoms with van der Waals surface area (Å²) in [6, 6.07) is 23.3. The third-order valence-corrected chi connectivity index (χ3v) is 7.76. The van der Waals surface area contributed by atoms with E-state index in [1.54, 1.807) is 36.0 Å². The number of sulfonamides is 1. The van der Waals surface area contributed by atoms with E-state index in [1.807, 2.05) is 37.3 Å². The predicted molar refractivity (Wildman–Crippen MR) is 134 cm³/mol. The molecule has 6 nitrogen and oxygen atoms in total. The van der Waals surface area contributed by atoms with Crippen LogP contribution in [0.3, 0.4) is 0 Å². The third-order valence-electron chi connectivity index (χ3n) is 4.94. The maximum Gasteiger partial charge on any atom is 0.264 e. The van der Waals surface area contributed by atoms with Gasteiger partial charge in [-0.25, -0.2) is 8.42 Å². The van der Waals surface area contributed by atoms with Crippen molar-refractivity contribution in [1.82, 2.24) is 5.32 Å². The first-order valence-corrected chi connectivity index (χ1v) is 13.1. The Kier molecular flexibility index (Phi) is 8.79. The number of rotatable bonds is 11. The molecule has 3 aromatic rings. The monoisotopic (exact) mass is 484 g/mol. The lowest BCUT2D eigenvalue weighted by Gasteiger charge is -2.24. The number of hydrogen-bond donors (Lipinski definition) is 1. The first-order valence-electron chi connectivity index (χ1n) is 10.5. The Morgan fingerprint density at radius 3 is 2.27 bits per heavy atom. The number of benzene rings is 3. The Morgan fingerprint density at radius 1 is 0.970 bits per heavy atom. The van der Waals surface area contributed by atoms with E-state index >= 15 is 0 Å². The van der Waals surface area contributed by atoms with Crippen LogP contribution in [-0.2, 0) is 20.6 Å². The van der Waals surface area contributed by atoms with E-state index in [1.165, 1.54) is 24.8 Å². The van der Waals surface area contributed by atoms with Gasteiger partial charge in [0.15, 0.2) is 0 Å². The van der Waals surface area contributed by atoms with Crippen LogP contribution in [0, 0.1) is 6.92 Å². The second-order valence-electron chi connectivity index (χ2n) is 7.41. The first-order chi connectivity index (χ1) is 15.9. The van der Waals surface area contributed by atoms with Crippen LogP contribution in [0.1, 0.15) is 11.1 Å². The molecule has 8 heteroatoms. The molecule has 33 heavy (non-hydrogen) atoms. The maximum absolute atomic E-state index is 13.4. The van der Waals surface area contributed by atoms with E-state index in [9.17, 15) is 13.2 Å². The van der Waals surface area contributed by atoms with Gasteiger partial charge in [-0.05, 0) is 48.9 Å². The maximum atomic E-state index is 13.4. The van der Waals surface area contributed by atoms with Crippen LogP contribution in [-0.4, -0.2) is 40.3 Å². The molecule has 0 radical (unpaired) electrons. The molecule has 3 rings (SSSR count). The van der Waals surface area contributed by atoms with Gasteiger partial charge in [-0.3, -0.25) is 9.10 Å². The van der Waals surface area contributed by atoms with Gasteiger partial charge in [0.05, 0.1) is 17.7 Å². The molecule has 0 aliphatic heterocycles. The molecule has 0 fully saturated rings. The fourth-order valence-electron chi connectivity index (χ4n) is 3.11. The second-order valence-corrected chi connectivity index (χ2v) is 10.4. The molecule has 0 saturated heterocycles. The van der Waals surface area contributed by atoms with Crippen LogP contribution in [0.5, 0.6) is 5.75 Å². The van der Waals surface area contributed by atoms with E-state index < -0.39 is 10.0 Å². The summed E-state index contributed by atoms with van der Waals surface area (Å²) in [6.07, 6.45) is 0. The molecule has 0 heterocycles. The lowest BCUT2D eigenvalue weighted by molar-refractivity contribution is -0.119. The molecular formula is C25H28N2O4S2. The van der Waals surface area contributed by atoms with Gasteiger partial charge in [-0.2, -0.15) is 11.8 Å². The van der Waals surface area contributed by atoms with Crippen molar-refractivity contribution in [2.75, 3.05) is 30.3 Å². The lowest BCUT2D eigenvalue weighted by Crippen LogP contribution is -2.41. The van der Waals surface area contributed by atoms with Crippen molar-refractivity contribution >= 4 is 33.4 Å². The van der Waals surface area contributed by atoms with E-state index in [4.69, 9.17) is 4.74 Å². The highest BCUT2D eigenvalue weighted by Crippen LogP contribution is 2.25. The molecule has 3 aromatic carbocycles. The van der Waals surface area contributed by atoms with Crippen molar-refractivity contribution in [1.29, 1.82) is 0 Å². The van der Waals surface area contributed by atoms with Crippen LogP contribution in [0.15, 0.2) is 83.8 Å². The highest BCUT2D eigenvalue weighted by molar-refractivity contribution is 7.98. The number of methoxy groups -OCH3 is 1. The lowest BCUT2D eigenvalue weighted by atomic mass is 10.2. The zero-order valence-corrected chi connectivity index (χ0v) is 20.4. The summed E-state index contributed by atoms with van der Waals surface area (Å²) < 4.78 is 33.0. The molecule has 0 bridgehead atoms. The number of nitrogens with zero attached hydrogens (tertiary/aromatic N) is 1.